The summed E-state index contributed by atoms with van der Waals surface area (Å²) in [5.74, 6) is 1.27. The Labute approximate surface area is 78.0 Å². The second kappa shape index (κ2) is 5.48. The molecule has 0 fully saturated rings. The van der Waals surface area contributed by atoms with Gasteiger partial charge in [-0.05, 0) is 19.9 Å². The van der Waals surface area contributed by atoms with Crippen molar-refractivity contribution in [2.24, 2.45) is 0 Å². The van der Waals surface area contributed by atoms with E-state index >= 15 is 0 Å². The third-order valence-corrected chi connectivity index (χ3v) is 1.57. The van der Waals surface area contributed by atoms with Gasteiger partial charge in [0, 0.05) is 6.92 Å². The Morgan fingerprint density at radius 1 is 1.46 bits per heavy atom. The first-order chi connectivity index (χ1) is 6.33. The third-order valence-electron chi connectivity index (χ3n) is 1.57. The molecule has 0 aliphatic carbocycles. The van der Waals surface area contributed by atoms with Crippen LogP contribution in [0.5, 0.6) is 0 Å². The lowest BCUT2D eigenvalue weighted by atomic mass is 10.4. The van der Waals surface area contributed by atoms with Gasteiger partial charge in [-0.2, -0.15) is 0 Å². The van der Waals surface area contributed by atoms with Gasteiger partial charge in [0.15, 0.2) is 0 Å². The Hall–Kier alpha value is -1.16. The molecule has 1 aromatic rings. The minimum absolute atomic E-state index is 0.616. The third kappa shape index (κ3) is 3.85. The van der Waals surface area contributed by atoms with Crippen molar-refractivity contribution in [2.75, 3.05) is 6.54 Å². The monoisotopic (exact) mass is 181 g/mol. The van der Waals surface area contributed by atoms with Crippen molar-refractivity contribution in [1.29, 1.82) is 0 Å². The van der Waals surface area contributed by atoms with Gasteiger partial charge in [0.2, 0.25) is 11.8 Å². The molecular formula is C9H15N3O. The first kappa shape index (κ1) is 9.92. The van der Waals surface area contributed by atoms with E-state index in [0.717, 1.165) is 13.0 Å². The smallest absolute Gasteiger partial charge is 0.230 e. The second-order valence-electron chi connectivity index (χ2n) is 2.75. The summed E-state index contributed by atoms with van der Waals surface area (Å²) in [4.78, 5) is 0. The molecule has 13 heavy (non-hydrogen) atoms. The van der Waals surface area contributed by atoms with Gasteiger partial charge < -0.3 is 9.73 Å². The van der Waals surface area contributed by atoms with E-state index in [1.807, 2.05) is 13.0 Å². The van der Waals surface area contributed by atoms with Gasteiger partial charge in [0.05, 0.1) is 6.54 Å². The van der Waals surface area contributed by atoms with Crippen molar-refractivity contribution in [1.82, 2.24) is 15.5 Å². The summed E-state index contributed by atoms with van der Waals surface area (Å²) in [5, 5.41) is 10.8. The van der Waals surface area contributed by atoms with Gasteiger partial charge in [0.1, 0.15) is 0 Å². The highest BCUT2D eigenvalue weighted by molar-refractivity contribution is 4.80. The molecule has 0 saturated carbocycles. The lowest BCUT2D eigenvalue weighted by Gasteiger charge is -1.96. The fourth-order valence-corrected chi connectivity index (χ4v) is 0.956. The van der Waals surface area contributed by atoms with Gasteiger partial charge in [0.25, 0.3) is 0 Å². The fraction of sp³-hybridized carbons (Fsp3) is 0.556. The summed E-state index contributed by atoms with van der Waals surface area (Å²) in [7, 11) is 0. The highest BCUT2D eigenvalue weighted by atomic mass is 16.4. The molecule has 0 radical (unpaired) electrons. The standard InChI is InChI=1S/C9H15N3O/c1-3-4-5-6-10-7-9-12-11-8(2)13-9/h3-4,10H,5-7H2,1-2H3/b4-3+. The number of nitrogens with zero attached hydrogens (tertiary/aromatic N) is 2. The molecule has 0 atom stereocenters. The second-order valence-corrected chi connectivity index (χ2v) is 2.75. The van der Waals surface area contributed by atoms with Crippen LogP contribution in [-0.4, -0.2) is 16.7 Å². The molecule has 0 aromatic carbocycles. The average molecular weight is 181 g/mol. The number of allylic oxidation sites excluding steroid dienone is 1. The summed E-state index contributed by atoms with van der Waals surface area (Å²) in [6, 6.07) is 0. The van der Waals surface area contributed by atoms with Crippen molar-refractivity contribution in [3.8, 4) is 0 Å². The molecule has 0 bridgehead atoms. The van der Waals surface area contributed by atoms with Crippen LogP contribution in [0, 0.1) is 6.92 Å². The van der Waals surface area contributed by atoms with E-state index in [2.05, 4.69) is 21.6 Å². The Morgan fingerprint density at radius 2 is 2.31 bits per heavy atom. The average Bonchev–Trinajstić information content (AvgIpc) is 2.51. The van der Waals surface area contributed by atoms with Crippen LogP contribution >= 0.6 is 0 Å². The maximum atomic E-state index is 5.19. The van der Waals surface area contributed by atoms with Gasteiger partial charge in [-0.15, -0.1) is 10.2 Å². The van der Waals surface area contributed by atoms with Crippen LogP contribution in [0.15, 0.2) is 16.6 Å². The van der Waals surface area contributed by atoms with E-state index in [4.69, 9.17) is 4.42 Å². The highest BCUT2D eigenvalue weighted by Gasteiger charge is 1.99. The molecule has 1 rings (SSSR count). The summed E-state index contributed by atoms with van der Waals surface area (Å²) >= 11 is 0. The number of nitrogens with one attached hydrogen (secondary N) is 1. The first-order valence-corrected chi connectivity index (χ1v) is 4.44. The SMILES string of the molecule is C/C=C/CCNCc1nnc(C)o1. The normalized spacial score (nSPS) is 11.2. The van der Waals surface area contributed by atoms with Crippen molar-refractivity contribution < 1.29 is 4.42 Å². The molecule has 0 amide bonds. The zero-order valence-electron chi connectivity index (χ0n) is 8.08. The lowest BCUT2D eigenvalue weighted by Crippen LogP contribution is -2.14. The van der Waals surface area contributed by atoms with Crippen LogP contribution in [0.3, 0.4) is 0 Å². The molecule has 4 nitrogen and oxygen atoms in total. The fourth-order valence-electron chi connectivity index (χ4n) is 0.956. The molecule has 72 valence electrons. The summed E-state index contributed by atoms with van der Waals surface area (Å²) in [6.07, 6.45) is 5.19. The Bertz CT molecular complexity index is 268. The molecule has 0 aliphatic rings. The number of hydrogen-bond acceptors (Lipinski definition) is 4. The largest absolute Gasteiger partial charge is 0.424 e. The predicted octanol–water partition coefficient (Wildman–Crippen LogP) is 1.43. The van der Waals surface area contributed by atoms with E-state index in [-0.39, 0.29) is 0 Å². The number of aryl methyl sites for hydroxylation is 1. The maximum absolute atomic E-state index is 5.19. The van der Waals surface area contributed by atoms with Crippen LogP contribution in [0.1, 0.15) is 25.1 Å². The zero-order valence-corrected chi connectivity index (χ0v) is 8.08. The molecular weight excluding hydrogens is 166 g/mol. The van der Waals surface area contributed by atoms with Gasteiger partial charge in [-0.25, -0.2) is 0 Å². The van der Waals surface area contributed by atoms with Crippen molar-refractivity contribution >= 4 is 0 Å². The summed E-state index contributed by atoms with van der Waals surface area (Å²) < 4.78 is 5.19. The van der Waals surface area contributed by atoms with Gasteiger partial charge in [-0.1, -0.05) is 12.2 Å². The number of rotatable bonds is 5. The Morgan fingerprint density at radius 3 is 2.92 bits per heavy atom. The minimum Gasteiger partial charge on any atom is -0.424 e. The Kier molecular flexibility index (Phi) is 4.18. The predicted molar refractivity (Wildman–Crippen MR) is 50.2 cm³/mol. The maximum Gasteiger partial charge on any atom is 0.230 e. The Balaban J connectivity index is 2.13. The minimum atomic E-state index is 0.616. The molecule has 4 heteroatoms. The van der Waals surface area contributed by atoms with Crippen LogP contribution in [0.4, 0.5) is 0 Å². The van der Waals surface area contributed by atoms with E-state index in [1.165, 1.54) is 0 Å². The molecule has 0 saturated heterocycles. The van der Waals surface area contributed by atoms with Gasteiger partial charge in [-0.3, -0.25) is 0 Å². The summed E-state index contributed by atoms with van der Waals surface area (Å²) in [5.41, 5.74) is 0. The molecule has 0 spiro atoms. The number of hydrogen-bond donors (Lipinski definition) is 1. The zero-order chi connectivity index (χ0) is 9.52. The van der Waals surface area contributed by atoms with Crippen molar-refractivity contribution in [3.63, 3.8) is 0 Å². The molecule has 1 N–H and O–H groups in total. The van der Waals surface area contributed by atoms with E-state index in [1.54, 1.807) is 6.92 Å². The lowest BCUT2D eigenvalue weighted by molar-refractivity contribution is 0.448. The van der Waals surface area contributed by atoms with E-state index < -0.39 is 0 Å². The van der Waals surface area contributed by atoms with E-state index in [9.17, 15) is 0 Å². The topological polar surface area (TPSA) is 51.0 Å². The summed E-state index contributed by atoms with van der Waals surface area (Å²) in [6.45, 7) is 5.39. The van der Waals surface area contributed by atoms with Crippen LogP contribution < -0.4 is 5.32 Å². The van der Waals surface area contributed by atoms with Crippen LogP contribution in [-0.2, 0) is 6.54 Å². The van der Waals surface area contributed by atoms with Crippen LogP contribution in [0.2, 0.25) is 0 Å². The van der Waals surface area contributed by atoms with Crippen LogP contribution in [0.25, 0.3) is 0 Å². The first-order valence-electron chi connectivity index (χ1n) is 4.44. The quantitative estimate of drug-likeness (QED) is 0.551. The molecule has 0 unspecified atom stereocenters. The van der Waals surface area contributed by atoms with Gasteiger partial charge >= 0.3 is 0 Å². The van der Waals surface area contributed by atoms with Crippen molar-refractivity contribution in [2.45, 2.75) is 26.8 Å². The molecule has 0 aliphatic heterocycles. The molecule has 1 aromatic heterocycles. The molecule has 1 heterocycles. The highest BCUT2D eigenvalue weighted by Crippen LogP contribution is 1.96. The van der Waals surface area contributed by atoms with E-state index in [0.29, 0.717) is 18.3 Å². The number of aromatic nitrogens is 2. The van der Waals surface area contributed by atoms with Crippen molar-refractivity contribution in [3.05, 3.63) is 23.9 Å².